The van der Waals surface area contributed by atoms with Crippen molar-refractivity contribution in [3.8, 4) is 0 Å². The van der Waals surface area contributed by atoms with E-state index in [9.17, 15) is 4.79 Å². The summed E-state index contributed by atoms with van der Waals surface area (Å²) in [7, 11) is 1.60. The van der Waals surface area contributed by atoms with E-state index in [4.69, 9.17) is 8.92 Å². The summed E-state index contributed by atoms with van der Waals surface area (Å²) in [5, 5.41) is 0. The lowest BCUT2D eigenvalue weighted by Crippen LogP contribution is -2.33. The van der Waals surface area contributed by atoms with E-state index in [1.165, 1.54) is 16.9 Å². The summed E-state index contributed by atoms with van der Waals surface area (Å²) in [4.78, 5) is 16.6. The third kappa shape index (κ3) is 4.90. The van der Waals surface area contributed by atoms with Gasteiger partial charge in [0.15, 0.2) is 0 Å². The van der Waals surface area contributed by atoms with Gasteiger partial charge < -0.3 is 8.92 Å². The van der Waals surface area contributed by atoms with Gasteiger partial charge in [-0.05, 0) is 52.1 Å². The fourth-order valence-electron chi connectivity index (χ4n) is 3.96. The molecule has 0 radical (unpaired) electrons. The summed E-state index contributed by atoms with van der Waals surface area (Å²) in [6.07, 6.45) is 0.608. The lowest BCUT2D eigenvalue weighted by atomic mass is 10.2. The van der Waals surface area contributed by atoms with Crippen LogP contribution in [0.5, 0.6) is 0 Å². The molecule has 3 rings (SSSR count). The first-order valence-corrected chi connectivity index (χ1v) is 12.2. The van der Waals surface area contributed by atoms with Gasteiger partial charge in [0.25, 0.3) is 0 Å². The number of methoxy groups -OCH3 is 1. The van der Waals surface area contributed by atoms with Gasteiger partial charge in [0.05, 0.1) is 13.2 Å². The Labute approximate surface area is 184 Å². The molecule has 0 N–H and O–H groups in total. The topological polar surface area (TPSA) is 38.8 Å². The smallest absolute Gasteiger partial charge is 0.323 e. The highest BCUT2D eigenvalue weighted by Gasteiger charge is 2.46. The molecule has 4 nitrogen and oxygen atoms in total. The van der Waals surface area contributed by atoms with Crippen molar-refractivity contribution in [3.63, 3.8) is 0 Å². The van der Waals surface area contributed by atoms with Crippen LogP contribution in [0.25, 0.3) is 0 Å². The standard InChI is InChI=1S/C23H31NO3S.C2H6/c1-23(2,3)28(19-12-8-6-9-13-19,20-14-10-7-11-15-20)27-18-16-21(22(25)26-5)24(4)17-18;1-2/h6-15,18,21H,16-17H2,1-5H3;1-2H3/t18?,21-;/m0./s1. The molecular formula is C25H37NO3S. The number of hydrogen-bond donors (Lipinski definition) is 0. The van der Waals surface area contributed by atoms with Gasteiger partial charge >= 0.3 is 5.97 Å². The summed E-state index contributed by atoms with van der Waals surface area (Å²) in [5.41, 5.74) is 0. The normalized spacial score (nSPS) is 20.2. The highest BCUT2D eigenvalue weighted by Crippen LogP contribution is 2.72. The molecule has 1 saturated heterocycles. The molecule has 0 saturated carbocycles. The molecule has 0 aromatic heterocycles. The van der Waals surface area contributed by atoms with Crippen molar-refractivity contribution < 1.29 is 13.7 Å². The highest BCUT2D eigenvalue weighted by molar-refractivity contribution is 8.31. The lowest BCUT2D eigenvalue weighted by molar-refractivity contribution is -0.145. The van der Waals surface area contributed by atoms with Crippen molar-refractivity contribution in [2.45, 2.75) is 67.7 Å². The van der Waals surface area contributed by atoms with E-state index in [1.807, 2.05) is 37.9 Å². The van der Waals surface area contributed by atoms with E-state index in [0.717, 1.165) is 0 Å². The van der Waals surface area contributed by atoms with Gasteiger partial charge in [-0.15, -0.1) is 0 Å². The van der Waals surface area contributed by atoms with Gasteiger partial charge in [0.1, 0.15) is 6.04 Å². The molecule has 1 aliphatic heterocycles. The van der Waals surface area contributed by atoms with Crippen LogP contribution in [0.1, 0.15) is 41.0 Å². The molecule has 0 bridgehead atoms. The molecule has 2 aromatic rings. The second-order valence-electron chi connectivity index (χ2n) is 8.23. The van der Waals surface area contributed by atoms with Gasteiger partial charge in [-0.1, -0.05) is 60.6 Å². The number of rotatable bonds is 5. The molecule has 0 amide bonds. The van der Waals surface area contributed by atoms with Gasteiger partial charge in [-0.2, -0.15) is 0 Å². The number of likely N-dealkylation sites (N-methyl/N-ethyl adjacent to an activating group) is 1. The predicted octanol–water partition coefficient (Wildman–Crippen LogP) is 5.91. The molecule has 0 aliphatic carbocycles. The molecule has 1 unspecified atom stereocenters. The molecule has 1 fully saturated rings. The van der Waals surface area contributed by atoms with Crippen molar-refractivity contribution in [1.29, 1.82) is 0 Å². The Morgan fingerprint density at radius 1 is 0.967 bits per heavy atom. The molecule has 1 heterocycles. The largest absolute Gasteiger partial charge is 0.468 e. The maximum absolute atomic E-state index is 12.2. The summed E-state index contributed by atoms with van der Waals surface area (Å²) in [5.74, 6) is -0.190. The molecule has 1 aliphatic rings. The third-order valence-electron chi connectivity index (χ3n) is 5.28. The maximum Gasteiger partial charge on any atom is 0.323 e. The van der Waals surface area contributed by atoms with E-state index in [-0.39, 0.29) is 22.9 Å². The van der Waals surface area contributed by atoms with Crippen LogP contribution in [0.4, 0.5) is 0 Å². The Bertz CT molecular complexity index is 750. The van der Waals surface area contributed by atoms with Crippen LogP contribution in [-0.2, 0) is 13.7 Å². The van der Waals surface area contributed by atoms with E-state index in [2.05, 4.69) is 69.3 Å². The van der Waals surface area contributed by atoms with Crippen LogP contribution < -0.4 is 0 Å². The van der Waals surface area contributed by atoms with E-state index >= 15 is 0 Å². The predicted molar refractivity (Wildman–Crippen MR) is 126 cm³/mol. The molecular weight excluding hydrogens is 394 g/mol. The quantitative estimate of drug-likeness (QED) is 0.552. The van der Waals surface area contributed by atoms with Crippen LogP contribution in [0.3, 0.4) is 0 Å². The first-order valence-electron chi connectivity index (χ1n) is 10.7. The Kier molecular flexibility index (Phi) is 8.53. The van der Waals surface area contributed by atoms with E-state index < -0.39 is 10.3 Å². The molecule has 166 valence electrons. The first-order chi connectivity index (χ1) is 14.3. The van der Waals surface area contributed by atoms with Crippen LogP contribution in [0.15, 0.2) is 70.5 Å². The Morgan fingerprint density at radius 2 is 1.43 bits per heavy atom. The van der Waals surface area contributed by atoms with Gasteiger partial charge in [-0.3, -0.25) is 9.69 Å². The zero-order chi connectivity index (χ0) is 22.4. The number of carbonyl (C=O) groups excluding carboxylic acids is 1. The van der Waals surface area contributed by atoms with E-state index in [0.29, 0.717) is 13.0 Å². The number of ether oxygens (including phenoxy) is 1. The first kappa shape index (κ1) is 24.4. The average molecular weight is 432 g/mol. The Balaban J connectivity index is 0.00000155. The molecule has 30 heavy (non-hydrogen) atoms. The second-order valence-corrected chi connectivity index (χ2v) is 11.7. The number of esters is 1. The molecule has 2 aromatic carbocycles. The number of carbonyl (C=O) groups is 1. The van der Waals surface area contributed by atoms with Gasteiger partial charge in [-0.25, -0.2) is 0 Å². The minimum Gasteiger partial charge on any atom is -0.468 e. The van der Waals surface area contributed by atoms with E-state index in [1.54, 1.807) is 0 Å². The minimum absolute atomic E-state index is 0.0382. The number of likely N-dealkylation sites (tertiary alicyclic amines) is 1. The Morgan fingerprint density at radius 3 is 1.83 bits per heavy atom. The maximum atomic E-state index is 12.2. The summed E-state index contributed by atoms with van der Waals surface area (Å²) < 4.78 is 11.9. The van der Waals surface area contributed by atoms with Crippen molar-refractivity contribution >= 4 is 16.3 Å². The van der Waals surface area contributed by atoms with Crippen molar-refractivity contribution in [3.05, 3.63) is 60.7 Å². The average Bonchev–Trinajstić information content (AvgIpc) is 3.13. The Hall–Kier alpha value is -1.82. The number of benzene rings is 2. The zero-order valence-corrected chi connectivity index (χ0v) is 20.2. The second kappa shape index (κ2) is 10.5. The van der Waals surface area contributed by atoms with Crippen molar-refractivity contribution in [2.24, 2.45) is 0 Å². The third-order valence-corrected chi connectivity index (χ3v) is 9.43. The van der Waals surface area contributed by atoms with Crippen LogP contribution in [0.2, 0.25) is 0 Å². The summed E-state index contributed by atoms with van der Waals surface area (Å²) in [6.45, 7) is 11.5. The number of hydrogen-bond acceptors (Lipinski definition) is 4. The number of nitrogens with zero attached hydrogens (tertiary/aromatic N) is 1. The van der Waals surface area contributed by atoms with Crippen LogP contribution in [0, 0.1) is 0 Å². The molecule has 0 spiro atoms. The summed E-state index contributed by atoms with van der Waals surface area (Å²) in [6, 6.07) is 20.8. The zero-order valence-electron chi connectivity index (χ0n) is 19.4. The van der Waals surface area contributed by atoms with Crippen molar-refractivity contribution in [1.82, 2.24) is 4.90 Å². The lowest BCUT2D eigenvalue weighted by Gasteiger charge is -2.51. The molecule has 5 heteroatoms. The van der Waals surface area contributed by atoms with Gasteiger partial charge in [0, 0.05) is 27.5 Å². The minimum atomic E-state index is -1.81. The van der Waals surface area contributed by atoms with Crippen LogP contribution >= 0.6 is 10.3 Å². The van der Waals surface area contributed by atoms with Crippen molar-refractivity contribution in [2.75, 3.05) is 20.7 Å². The highest BCUT2D eigenvalue weighted by atomic mass is 32.3. The fourth-order valence-corrected chi connectivity index (χ4v) is 7.79. The summed E-state index contributed by atoms with van der Waals surface area (Å²) >= 11 is 0. The fraction of sp³-hybridized carbons (Fsp3) is 0.480. The molecule has 2 atom stereocenters. The monoisotopic (exact) mass is 431 g/mol. The SMILES string of the molecule is CC.COC(=O)[C@@H]1CC(OS(c2ccccc2)(c2ccccc2)C(C)(C)C)CN1C. The van der Waals surface area contributed by atoms with Gasteiger partial charge in [0.2, 0.25) is 0 Å². The van der Waals surface area contributed by atoms with Crippen LogP contribution in [-0.4, -0.2) is 48.5 Å².